The number of anilines is 1. The summed E-state index contributed by atoms with van der Waals surface area (Å²) < 4.78 is 65.8. The van der Waals surface area contributed by atoms with Crippen molar-refractivity contribution in [1.29, 1.82) is 0 Å². The van der Waals surface area contributed by atoms with Gasteiger partial charge in [0.1, 0.15) is 0 Å². The standard InChI is InChI=1S/C20H18Cl3F3N2O3S/c21-15-5-3-13(17(23)9-15)11-32(30,31)28-7-1-2-12(10-28)19(29)27-18-8-14(20(24,25)26)4-6-16(18)22/h3-6,8-9,12H,1-2,7,10-11H2,(H,27,29). The summed E-state index contributed by atoms with van der Waals surface area (Å²) in [6.07, 6.45) is -3.79. The average Bonchev–Trinajstić information content (AvgIpc) is 2.71. The summed E-state index contributed by atoms with van der Waals surface area (Å²) in [5.74, 6) is -1.71. The molecule has 3 rings (SSSR count). The van der Waals surface area contributed by atoms with E-state index < -0.39 is 33.6 Å². The van der Waals surface area contributed by atoms with E-state index in [0.717, 1.165) is 18.2 Å². The van der Waals surface area contributed by atoms with Crippen molar-refractivity contribution in [3.63, 3.8) is 0 Å². The van der Waals surface area contributed by atoms with Gasteiger partial charge in [-0.1, -0.05) is 40.9 Å². The monoisotopic (exact) mass is 528 g/mol. The Hall–Kier alpha value is -1.52. The van der Waals surface area contributed by atoms with Crippen molar-refractivity contribution in [3.05, 3.63) is 62.6 Å². The zero-order valence-electron chi connectivity index (χ0n) is 16.4. The van der Waals surface area contributed by atoms with Crippen molar-refractivity contribution in [2.45, 2.75) is 24.8 Å². The Kier molecular flexibility index (Phi) is 7.66. The third-order valence-corrected chi connectivity index (χ3v) is 7.76. The van der Waals surface area contributed by atoms with Gasteiger partial charge in [-0.2, -0.15) is 13.2 Å². The second-order valence-electron chi connectivity index (χ2n) is 7.37. The molecule has 0 saturated carbocycles. The molecule has 0 bridgehead atoms. The lowest BCUT2D eigenvalue weighted by Gasteiger charge is -2.31. The van der Waals surface area contributed by atoms with Crippen LogP contribution in [0.3, 0.4) is 0 Å². The van der Waals surface area contributed by atoms with Crippen LogP contribution in [-0.4, -0.2) is 31.7 Å². The molecule has 1 fully saturated rings. The number of carbonyl (C=O) groups excluding carboxylic acids is 1. The van der Waals surface area contributed by atoms with Crippen LogP contribution in [0.4, 0.5) is 18.9 Å². The number of amides is 1. The van der Waals surface area contributed by atoms with E-state index in [2.05, 4.69) is 5.32 Å². The summed E-state index contributed by atoms with van der Waals surface area (Å²) in [7, 11) is -3.79. The lowest BCUT2D eigenvalue weighted by molar-refractivity contribution is -0.137. The van der Waals surface area contributed by atoms with E-state index in [-0.39, 0.29) is 34.6 Å². The van der Waals surface area contributed by atoms with Gasteiger partial charge in [0.15, 0.2) is 0 Å². The van der Waals surface area contributed by atoms with Crippen LogP contribution in [0.5, 0.6) is 0 Å². The summed E-state index contributed by atoms with van der Waals surface area (Å²) in [4.78, 5) is 12.7. The lowest BCUT2D eigenvalue weighted by atomic mass is 9.98. The summed E-state index contributed by atoms with van der Waals surface area (Å²) in [5.41, 5.74) is -0.761. The van der Waals surface area contributed by atoms with Crippen molar-refractivity contribution < 1.29 is 26.4 Å². The molecule has 0 aliphatic carbocycles. The van der Waals surface area contributed by atoms with Gasteiger partial charge in [-0.15, -0.1) is 0 Å². The number of alkyl halides is 3. The lowest BCUT2D eigenvalue weighted by Crippen LogP contribution is -2.44. The fourth-order valence-corrected chi connectivity index (χ4v) is 5.73. The molecule has 174 valence electrons. The second kappa shape index (κ2) is 9.77. The molecule has 1 atom stereocenters. The van der Waals surface area contributed by atoms with Gasteiger partial charge in [0.05, 0.1) is 27.9 Å². The summed E-state index contributed by atoms with van der Waals surface area (Å²) in [5, 5.41) is 2.94. The molecule has 1 aliphatic heterocycles. The van der Waals surface area contributed by atoms with Crippen LogP contribution in [-0.2, 0) is 26.7 Å². The smallest absolute Gasteiger partial charge is 0.324 e. The molecule has 0 radical (unpaired) electrons. The Labute approximate surface area is 198 Å². The zero-order valence-corrected chi connectivity index (χ0v) is 19.5. The van der Waals surface area contributed by atoms with Gasteiger partial charge in [-0.3, -0.25) is 4.79 Å². The maximum absolute atomic E-state index is 13.0. The molecule has 1 saturated heterocycles. The number of rotatable bonds is 5. The Morgan fingerprint density at radius 3 is 2.47 bits per heavy atom. The van der Waals surface area contributed by atoms with Gasteiger partial charge in [-0.25, -0.2) is 12.7 Å². The maximum Gasteiger partial charge on any atom is 0.416 e. The highest BCUT2D eigenvalue weighted by Crippen LogP contribution is 2.34. The van der Waals surface area contributed by atoms with Crippen LogP contribution >= 0.6 is 34.8 Å². The number of piperidine rings is 1. The molecule has 32 heavy (non-hydrogen) atoms. The highest BCUT2D eigenvalue weighted by molar-refractivity contribution is 7.88. The van der Waals surface area contributed by atoms with Crippen LogP contribution in [0, 0.1) is 5.92 Å². The Morgan fingerprint density at radius 1 is 1.09 bits per heavy atom. The number of nitrogens with one attached hydrogen (secondary N) is 1. The van der Waals surface area contributed by atoms with Gasteiger partial charge in [-0.05, 0) is 48.7 Å². The van der Waals surface area contributed by atoms with Crippen LogP contribution in [0.15, 0.2) is 36.4 Å². The predicted octanol–water partition coefficient (Wildman–Crippen LogP) is 5.85. The molecule has 12 heteroatoms. The Morgan fingerprint density at radius 2 is 1.81 bits per heavy atom. The van der Waals surface area contributed by atoms with Crippen molar-refractivity contribution in [1.82, 2.24) is 4.31 Å². The minimum Gasteiger partial charge on any atom is -0.324 e. The van der Waals surface area contributed by atoms with Crippen molar-refractivity contribution in [3.8, 4) is 0 Å². The number of hydrogen-bond acceptors (Lipinski definition) is 3. The average molecular weight is 530 g/mol. The van der Waals surface area contributed by atoms with E-state index in [4.69, 9.17) is 34.8 Å². The van der Waals surface area contributed by atoms with E-state index in [1.165, 1.54) is 22.5 Å². The van der Waals surface area contributed by atoms with E-state index in [1.54, 1.807) is 0 Å². The fourth-order valence-electron chi connectivity index (χ4n) is 3.37. The first-order valence-electron chi connectivity index (χ1n) is 9.46. The summed E-state index contributed by atoms with van der Waals surface area (Å²) in [6.45, 7) is 0.123. The van der Waals surface area contributed by atoms with Crippen LogP contribution in [0.25, 0.3) is 0 Å². The van der Waals surface area contributed by atoms with Crippen LogP contribution in [0.2, 0.25) is 15.1 Å². The van der Waals surface area contributed by atoms with Crippen molar-refractivity contribution in [2.24, 2.45) is 5.92 Å². The quantitative estimate of drug-likeness (QED) is 0.529. The molecule has 1 aliphatic rings. The molecule has 1 unspecified atom stereocenters. The van der Waals surface area contributed by atoms with Crippen molar-refractivity contribution >= 4 is 56.4 Å². The summed E-state index contributed by atoms with van der Waals surface area (Å²) >= 11 is 17.9. The molecule has 0 spiro atoms. The third kappa shape index (κ3) is 6.08. The van der Waals surface area contributed by atoms with Gasteiger partial charge in [0.2, 0.25) is 15.9 Å². The third-order valence-electron chi connectivity index (χ3n) is 5.05. The van der Waals surface area contributed by atoms with E-state index in [1.807, 2.05) is 0 Å². The molecule has 1 N–H and O–H groups in total. The SMILES string of the molecule is O=C(Nc1cc(C(F)(F)F)ccc1Cl)C1CCCN(S(=O)(=O)Cc2ccc(Cl)cc2Cl)C1. The first kappa shape index (κ1) is 25.1. The maximum atomic E-state index is 13.0. The first-order valence-corrected chi connectivity index (χ1v) is 12.2. The Balaban J connectivity index is 1.72. The first-order chi connectivity index (χ1) is 14.9. The number of benzene rings is 2. The molecule has 5 nitrogen and oxygen atoms in total. The largest absolute Gasteiger partial charge is 0.416 e. The molecule has 1 amide bonds. The van der Waals surface area contributed by atoms with E-state index in [9.17, 15) is 26.4 Å². The number of halogens is 6. The highest BCUT2D eigenvalue weighted by Gasteiger charge is 2.34. The molecule has 0 aromatic heterocycles. The number of sulfonamides is 1. The van der Waals surface area contributed by atoms with Crippen LogP contribution < -0.4 is 5.32 Å². The van der Waals surface area contributed by atoms with Gasteiger partial charge < -0.3 is 5.32 Å². The molecular weight excluding hydrogens is 512 g/mol. The van der Waals surface area contributed by atoms with E-state index >= 15 is 0 Å². The van der Waals surface area contributed by atoms with Gasteiger partial charge >= 0.3 is 6.18 Å². The zero-order chi connectivity index (χ0) is 23.7. The molecular formula is C20H18Cl3F3N2O3S. The second-order valence-corrected chi connectivity index (χ2v) is 10.6. The fraction of sp³-hybridized carbons (Fsp3) is 0.350. The minimum atomic E-state index is -4.59. The van der Waals surface area contributed by atoms with Gasteiger partial charge in [0, 0.05) is 23.1 Å². The topological polar surface area (TPSA) is 66.5 Å². The minimum absolute atomic E-state index is 0.0518. The normalized spacial score (nSPS) is 17.9. The van der Waals surface area contributed by atoms with E-state index in [0.29, 0.717) is 23.4 Å². The van der Waals surface area contributed by atoms with Crippen LogP contribution in [0.1, 0.15) is 24.0 Å². The highest BCUT2D eigenvalue weighted by atomic mass is 35.5. The summed E-state index contributed by atoms with van der Waals surface area (Å²) in [6, 6.07) is 7.11. The van der Waals surface area contributed by atoms with Gasteiger partial charge in [0.25, 0.3) is 0 Å². The number of carbonyl (C=O) groups is 1. The number of nitrogens with zero attached hydrogens (tertiary/aromatic N) is 1. The Bertz CT molecular complexity index is 1130. The molecule has 2 aromatic carbocycles. The predicted molar refractivity (Wildman–Crippen MR) is 118 cm³/mol. The molecule has 1 heterocycles. The number of hydrogen-bond donors (Lipinski definition) is 1. The van der Waals surface area contributed by atoms with Crippen molar-refractivity contribution in [2.75, 3.05) is 18.4 Å². The molecule has 2 aromatic rings.